The van der Waals surface area contributed by atoms with Crippen molar-refractivity contribution in [3.63, 3.8) is 0 Å². The number of hydrogen-bond donors (Lipinski definition) is 2. The molecule has 2 fully saturated rings. The van der Waals surface area contributed by atoms with E-state index in [0.717, 1.165) is 48.6 Å². The molecule has 0 aromatic heterocycles. The molecule has 0 amide bonds. The summed E-state index contributed by atoms with van der Waals surface area (Å²) in [6.07, 6.45) is 2.10. The van der Waals surface area contributed by atoms with E-state index in [1.54, 1.807) is 13.0 Å². The van der Waals surface area contributed by atoms with E-state index in [2.05, 4.69) is 24.8 Å². The van der Waals surface area contributed by atoms with Crippen LogP contribution in [0.25, 0.3) is 0 Å². The first-order valence-corrected chi connectivity index (χ1v) is 12.6. The number of carboxylic acids is 1. The van der Waals surface area contributed by atoms with Crippen LogP contribution in [0.2, 0.25) is 0 Å². The van der Waals surface area contributed by atoms with Gasteiger partial charge in [0.15, 0.2) is 11.5 Å². The Balaban J connectivity index is 1.35. The van der Waals surface area contributed by atoms with Crippen molar-refractivity contribution in [2.75, 3.05) is 19.7 Å². The van der Waals surface area contributed by atoms with E-state index in [9.17, 15) is 15.0 Å². The van der Waals surface area contributed by atoms with Crippen LogP contribution in [0, 0.1) is 18.8 Å². The van der Waals surface area contributed by atoms with Crippen molar-refractivity contribution in [3.8, 4) is 17.2 Å². The summed E-state index contributed by atoms with van der Waals surface area (Å²) in [7, 11) is 0. The van der Waals surface area contributed by atoms with E-state index in [1.807, 2.05) is 25.1 Å². The Kier molecular flexibility index (Phi) is 6.18. The maximum absolute atomic E-state index is 11.5. The van der Waals surface area contributed by atoms with Crippen molar-refractivity contribution in [3.05, 3.63) is 52.6 Å². The van der Waals surface area contributed by atoms with Crippen LogP contribution in [-0.2, 0) is 11.3 Å². The summed E-state index contributed by atoms with van der Waals surface area (Å²) in [4.78, 5) is 13.9. The number of fused-ring (bicyclic) bond motifs is 4. The monoisotopic (exact) mass is 481 g/mol. The van der Waals surface area contributed by atoms with Gasteiger partial charge in [0.05, 0.1) is 18.8 Å². The molecule has 0 unspecified atom stereocenters. The van der Waals surface area contributed by atoms with Crippen molar-refractivity contribution in [2.24, 2.45) is 11.8 Å². The lowest BCUT2D eigenvalue weighted by atomic mass is 9.70. The Bertz CT molecular complexity index is 1130. The number of para-hydroxylation sites is 1. The number of aromatic carboxylic acids is 1. The second kappa shape index (κ2) is 9.03. The predicted molar refractivity (Wildman–Crippen MR) is 131 cm³/mol. The van der Waals surface area contributed by atoms with Crippen molar-refractivity contribution >= 4 is 5.97 Å². The van der Waals surface area contributed by atoms with Gasteiger partial charge in [-0.1, -0.05) is 18.2 Å². The van der Waals surface area contributed by atoms with Crippen LogP contribution in [0.4, 0.5) is 0 Å². The average Bonchev–Trinajstić information content (AvgIpc) is 2.81. The van der Waals surface area contributed by atoms with Crippen LogP contribution in [0.15, 0.2) is 30.3 Å². The third-order valence-corrected chi connectivity index (χ3v) is 7.86. The second-order valence-electron chi connectivity index (χ2n) is 10.6. The molecule has 0 aliphatic carbocycles. The van der Waals surface area contributed by atoms with E-state index in [4.69, 9.17) is 14.2 Å². The van der Waals surface area contributed by atoms with Crippen LogP contribution in [0.3, 0.4) is 0 Å². The van der Waals surface area contributed by atoms with E-state index in [-0.39, 0.29) is 35.0 Å². The molecule has 3 aliphatic rings. The predicted octanol–water partition coefficient (Wildman–Crippen LogP) is 4.94. The van der Waals surface area contributed by atoms with Gasteiger partial charge in [0.25, 0.3) is 0 Å². The third-order valence-electron chi connectivity index (χ3n) is 7.86. The molecular formula is C28H35NO6. The topological polar surface area (TPSA) is 88.5 Å². The van der Waals surface area contributed by atoms with E-state index in [0.29, 0.717) is 24.6 Å². The van der Waals surface area contributed by atoms with Crippen LogP contribution in [-0.4, -0.2) is 52.5 Å². The first-order valence-electron chi connectivity index (χ1n) is 12.6. The minimum Gasteiger partial charge on any atom is -0.507 e. The summed E-state index contributed by atoms with van der Waals surface area (Å²) in [5, 5.41) is 19.5. The Morgan fingerprint density at radius 2 is 2.09 bits per heavy atom. The largest absolute Gasteiger partial charge is 0.507 e. The molecule has 0 spiro atoms. The number of carbonyl (C=O) groups is 1. The number of aromatic hydroxyl groups is 1. The van der Waals surface area contributed by atoms with Gasteiger partial charge in [0, 0.05) is 31.1 Å². The van der Waals surface area contributed by atoms with Gasteiger partial charge in [-0.2, -0.15) is 0 Å². The lowest BCUT2D eigenvalue weighted by Crippen LogP contribution is -2.55. The Morgan fingerprint density at radius 3 is 2.83 bits per heavy atom. The molecule has 0 saturated carbocycles. The fourth-order valence-corrected chi connectivity index (χ4v) is 6.15. The van der Waals surface area contributed by atoms with E-state index < -0.39 is 5.97 Å². The lowest BCUT2D eigenvalue weighted by molar-refractivity contribution is -0.188. The number of benzene rings is 2. The van der Waals surface area contributed by atoms with Crippen LogP contribution >= 0.6 is 0 Å². The first-order chi connectivity index (χ1) is 16.7. The minimum atomic E-state index is -1.11. The second-order valence-corrected chi connectivity index (χ2v) is 10.6. The minimum absolute atomic E-state index is 0.0140. The van der Waals surface area contributed by atoms with Gasteiger partial charge in [-0.25, -0.2) is 4.79 Å². The summed E-state index contributed by atoms with van der Waals surface area (Å²) in [5.74, 6) is 0.934. The van der Waals surface area contributed by atoms with Crippen LogP contribution < -0.4 is 9.47 Å². The average molecular weight is 482 g/mol. The number of ether oxygens (including phenoxy) is 3. The highest BCUT2D eigenvalue weighted by Gasteiger charge is 2.51. The molecule has 2 aromatic rings. The van der Waals surface area contributed by atoms with Gasteiger partial charge in [-0.3, -0.25) is 4.90 Å². The van der Waals surface area contributed by atoms with Gasteiger partial charge in [0.1, 0.15) is 16.9 Å². The number of piperidine rings is 1. The van der Waals surface area contributed by atoms with Crippen LogP contribution in [0.1, 0.15) is 66.8 Å². The summed E-state index contributed by atoms with van der Waals surface area (Å²) in [5.41, 5.74) is 2.16. The zero-order valence-electron chi connectivity index (χ0n) is 20.9. The Labute approximate surface area is 206 Å². The van der Waals surface area contributed by atoms with Gasteiger partial charge in [-0.15, -0.1) is 0 Å². The number of phenols is 1. The van der Waals surface area contributed by atoms with Crippen LogP contribution in [0.5, 0.6) is 17.2 Å². The smallest absolute Gasteiger partial charge is 0.339 e. The molecule has 35 heavy (non-hydrogen) atoms. The number of aryl methyl sites for hydroxylation is 1. The number of nitrogens with zero attached hydrogens (tertiary/aromatic N) is 1. The summed E-state index contributed by atoms with van der Waals surface area (Å²) in [6.45, 7) is 11.0. The quantitative estimate of drug-likeness (QED) is 0.626. The molecule has 4 atom stereocenters. The molecule has 7 nitrogen and oxygen atoms in total. The Hall–Kier alpha value is -2.77. The van der Waals surface area contributed by atoms with E-state index >= 15 is 0 Å². The number of carboxylic acid groups (broad SMARTS) is 1. The van der Waals surface area contributed by atoms with Crippen molar-refractivity contribution in [1.82, 2.24) is 4.90 Å². The molecular weight excluding hydrogens is 446 g/mol. The molecule has 5 rings (SSSR count). The molecule has 2 saturated heterocycles. The molecule has 188 valence electrons. The summed E-state index contributed by atoms with van der Waals surface area (Å²) < 4.78 is 19.2. The van der Waals surface area contributed by atoms with Crippen molar-refractivity contribution in [2.45, 2.75) is 64.9 Å². The highest BCUT2D eigenvalue weighted by atomic mass is 16.5. The van der Waals surface area contributed by atoms with Gasteiger partial charge in [-0.05, 0) is 69.7 Å². The standard InChI is InChI=1S/C28H35NO6/c1-5-33-23-8-6-7-19-25-21(28(3,4)35-26(19)23)13-18-15-29(10-9-22(18)34-25)14-17-11-16(2)24(30)20(12-17)27(31)32/h6-8,11-12,18,21-22,25,30H,5,9-10,13-15H2,1-4H3,(H,31,32)/t18-,21-,22-,25+/m0/s1. The maximum atomic E-state index is 11.5. The van der Waals surface area contributed by atoms with Crippen molar-refractivity contribution in [1.29, 1.82) is 0 Å². The fourth-order valence-electron chi connectivity index (χ4n) is 6.15. The zero-order chi connectivity index (χ0) is 24.9. The molecule has 0 radical (unpaired) electrons. The molecule has 3 aliphatic heterocycles. The number of hydrogen-bond acceptors (Lipinski definition) is 6. The maximum Gasteiger partial charge on any atom is 0.339 e. The molecule has 2 aromatic carbocycles. The zero-order valence-corrected chi connectivity index (χ0v) is 20.9. The van der Waals surface area contributed by atoms with Gasteiger partial charge in [0.2, 0.25) is 0 Å². The fraction of sp³-hybridized carbons (Fsp3) is 0.536. The number of rotatable bonds is 5. The van der Waals surface area contributed by atoms with E-state index in [1.165, 1.54) is 0 Å². The highest BCUT2D eigenvalue weighted by Crippen LogP contribution is 2.55. The van der Waals surface area contributed by atoms with Gasteiger partial charge < -0.3 is 24.4 Å². The first kappa shape index (κ1) is 23.9. The highest BCUT2D eigenvalue weighted by molar-refractivity contribution is 5.91. The SMILES string of the molecule is CCOc1cccc2c1OC(C)(C)[C@H]1C[C@H]3CN(Cc4cc(C)c(O)c(C(=O)O)c4)CC[C@@H]3O[C@H]21. The summed E-state index contributed by atoms with van der Waals surface area (Å²) >= 11 is 0. The molecule has 7 heteroatoms. The molecule has 0 bridgehead atoms. The van der Waals surface area contributed by atoms with Crippen molar-refractivity contribution < 1.29 is 29.2 Å². The van der Waals surface area contributed by atoms with Gasteiger partial charge >= 0.3 is 5.97 Å². The lowest BCUT2D eigenvalue weighted by Gasteiger charge is -2.53. The normalized spacial score (nSPS) is 27.2. The number of likely N-dealkylation sites (tertiary alicyclic amines) is 1. The summed E-state index contributed by atoms with van der Waals surface area (Å²) in [6, 6.07) is 9.56. The molecule has 2 N–H and O–H groups in total. The third kappa shape index (κ3) is 4.36. The molecule has 3 heterocycles. The Morgan fingerprint density at radius 1 is 1.29 bits per heavy atom.